The molecule has 1 saturated heterocycles. The summed E-state index contributed by atoms with van der Waals surface area (Å²) in [6.45, 7) is 9.60. The van der Waals surface area contributed by atoms with Crippen LogP contribution in [-0.2, 0) is 9.47 Å². The third-order valence-electron chi connectivity index (χ3n) is 5.50. The van der Waals surface area contributed by atoms with E-state index in [4.69, 9.17) is 9.47 Å². The molecule has 1 fully saturated rings. The van der Waals surface area contributed by atoms with Gasteiger partial charge in [0, 0.05) is 13.1 Å². The number of morpholine rings is 1. The van der Waals surface area contributed by atoms with Gasteiger partial charge in [0.15, 0.2) is 5.96 Å². The van der Waals surface area contributed by atoms with Crippen molar-refractivity contribution < 1.29 is 14.6 Å². The van der Waals surface area contributed by atoms with Gasteiger partial charge >= 0.3 is 0 Å². The summed E-state index contributed by atoms with van der Waals surface area (Å²) in [5.74, 6) is 0.805. The Morgan fingerprint density at radius 2 is 1.97 bits per heavy atom. The highest BCUT2D eigenvalue weighted by Crippen LogP contribution is 2.25. The molecule has 168 valence electrons. The van der Waals surface area contributed by atoms with Crippen molar-refractivity contribution >= 4 is 5.96 Å². The van der Waals surface area contributed by atoms with Gasteiger partial charge in [0.25, 0.3) is 0 Å². The predicted molar refractivity (Wildman–Crippen MR) is 124 cm³/mol. The summed E-state index contributed by atoms with van der Waals surface area (Å²) >= 11 is 0. The molecule has 0 radical (unpaired) electrons. The van der Waals surface area contributed by atoms with Crippen LogP contribution in [0.1, 0.15) is 42.7 Å². The summed E-state index contributed by atoms with van der Waals surface area (Å²) in [5.41, 5.74) is 3.55. The SMILES string of the molecule is CCNC(=NCC(O)COC(C)c1ccccc1)N1CCOC(c2ccccc2C)C1. The van der Waals surface area contributed by atoms with E-state index >= 15 is 0 Å². The van der Waals surface area contributed by atoms with Crippen molar-refractivity contribution in [3.63, 3.8) is 0 Å². The van der Waals surface area contributed by atoms with E-state index in [-0.39, 0.29) is 25.4 Å². The van der Waals surface area contributed by atoms with E-state index in [0.717, 1.165) is 31.2 Å². The molecule has 0 amide bonds. The molecule has 2 N–H and O–H groups in total. The average Bonchev–Trinajstić information content (AvgIpc) is 2.81. The summed E-state index contributed by atoms with van der Waals surface area (Å²) in [7, 11) is 0. The normalized spacial score (nSPS) is 19.2. The molecule has 0 aromatic heterocycles. The summed E-state index contributed by atoms with van der Waals surface area (Å²) < 4.78 is 11.9. The van der Waals surface area contributed by atoms with Crippen LogP contribution in [0.5, 0.6) is 0 Å². The van der Waals surface area contributed by atoms with Gasteiger partial charge in [-0.05, 0) is 37.5 Å². The molecule has 0 bridgehead atoms. The number of aryl methyl sites for hydroxylation is 1. The van der Waals surface area contributed by atoms with Crippen molar-refractivity contribution in [2.75, 3.05) is 39.4 Å². The zero-order valence-electron chi connectivity index (χ0n) is 18.8. The number of hydrogen-bond donors (Lipinski definition) is 2. The maximum atomic E-state index is 10.4. The van der Waals surface area contributed by atoms with Crippen molar-refractivity contribution in [3.8, 4) is 0 Å². The number of ether oxygens (including phenoxy) is 2. The summed E-state index contributed by atoms with van der Waals surface area (Å²) in [5, 5.41) is 13.8. The van der Waals surface area contributed by atoms with Gasteiger partial charge in [0.1, 0.15) is 6.10 Å². The smallest absolute Gasteiger partial charge is 0.194 e. The first-order chi connectivity index (χ1) is 15.1. The summed E-state index contributed by atoms with van der Waals surface area (Å²) in [4.78, 5) is 6.90. The second kappa shape index (κ2) is 11.8. The number of aliphatic hydroxyl groups excluding tert-OH is 1. The van der Waals surface area contributed by atoms with Crippen LogP contribution in [0.4, 0.5) is 0 Å². The summed E-state index contributed by atoms with van der Waals surface area (Å²) in [6, 6.07) is 18.4. The number of guanidine groups is 1. The minimum atomic E-state index is -0.659. The summed E-state index contributed by atoms with van der Waals surface area (Å²) in [6.07, 6.45) is -0.714. The maximum Gasteiger partial charge on any atom is 0.194 e. The number of nitrogens with one attached hydrogen (secondary N) is 1. The molecule has 3 unspecified atom stereocenters. The van der Waals surface area contributed by atoms with E-state index in [0.29, 0.717) is 6.61 Å². The van der Waals surface area contributed by atoms with Gasteiger partial charge in [-0.3, -0.25) is 4.99 Å². The molecule has 2 aromatic carbocycles. The first-order valence-corrected chi connectivity index (χ1v) is 11.1. The fraction of sp³-hybridized carbons (Fsp3) is 0.480. The van der Waals surface area contributed by atoms with E-state index in [1.807, 2.05) is 43.3 Å². The van der Waals surface area contributed by atoms with Gasteiger partial charge in [0.2, 0.25) is 0 Å². The lowest BCUT2D eigenvalue weighted by atomic mass is 10.0. The van der Waals surface area contributed by atoms with Crippen LogP contribution in [0, 0.1) is 6.92 Å². The van der Waals surface area contributed by atoms with E-state index in [1.165, 1.54) is 11.1 Å². The fourth-order valence-corrected chi connectivity index (χ4v) is 3.72. The highest BCUT2D eigenvalue weighted by molar-refractivity contribution is 5.80. The number of aliphatic hydroxyl groups is 1. The molecule has 1 aliphatic rings. The van der Waals surface area contributed by atoms with Crippen LogP contribution in [-0.4, -0.2) is 61.5 Å². The molecular weight excluding hydrogens is 390 g/mol. The van der Waals surface area contributed by atoms with E-state index in [9.17, 15) is 5.11 Å². The largest absolute Gasteiger partial charge is 0.389 e. The predicted octanol–water partition coefficient (Wildman–Crippen LogP) is 3.47. The maximum absolute atomic E-state index is 10.4. The molecule has 1 aliphatic heterocycles. The highest BCUT2D eigenvalue weighted by atomic mass is 16.5. The average molecular weight is 426 g/mol. The molecule has 0 spiro atoms. The molecule has 0 aliphatic carbocycles. The Kier molecular flexibility index (Phi) is 8.88. The van der Waals surface area contributed by atoms with Crippen molar-refractivity contribution in [1.82, 2.24) is 10.2 Å². The van der Waals surface area contributed by atoms with Gasteiger partial charge < -0.3 is 24.8 Å². The third kappa shape index (κ3) is 6.79. The Morgan fingerprint density at radius 1 is 1.23 bits per heavy atom. The standard InChI is InChI=1S/C25H35N3O3/c1-4-26-25(27-16-22(29)18-31-20(3)21-11-6-5-7-12-21)28-14-15-30-24(17-28)23-13-9-8-10-19(23)2/h5-13,20,22,24,29H,4,14-18H2,1-3H3,(H,26,27). The molecule has 1 heterocycles. The van der Waals surface area contributed by atoms with Crippen LogP contribution in [0.15, 0.2) is 59.6 Å². The third-order valence-corrected chi connectivity index (χ3v) is 5.50. The molecule has 31 heavy (non-hydrogen) atoms. The second-order valence-corrected chi connectivity index (χ2v) is 7.90. The second-order valence-electron chi connectivity index (χ2n) is 7.90. The van der Waals surface area contributed by atoms with Gasteiger partial charge in [0.05, 0.1) is 38.5 Å². The van der Waals surface area contributed by atoms with Crippen LogP contribution in [0.25, 0.3) is 0 Å². The molecular formula is C25H35N3O3. The topological polar surface area (TPSA) is 66.3 Å². The van der Waals surface area contributed by atoms with E-state index in [1.54, 1.807) is 0 Å². The Bertz CT molecular complexity index is 828. The highest BCUT2D eigenvalue weighted by Gasteiger charge is 2.25. The fourth-order valence-electron chi connectivity index (χ4n) is 3.72. The molecule has 6 heteroatoms. The van der Waals surface area contributed by atoms with Gasteiger partial charge in [-0.15, -0.1) is 0 Å². The number of aliphatic imine (C=N–C) groups is 1. The zero-order chi connectivity index (χ0) is 22.1. The molecule has 2 aromatic rings. The minimum Gasteiger partial charge on any atom is -0.389 e. The first-order valence-electron chi connectivity index (χ1n) is 11.1. The minimum absolute atomic E-state index is 0.0128. The quantitative estimate of drug-likeness (QED) is 0.501. The van der Waals surface area contributed by atoms with Crippen LogP contribution >= 0.6 is 0 Å². The van der Waals surface area contributed by atoms with E-state index < -0.39 is 6.10 Å². The number of benzene rings is 2. The number of rotatable bonds is 8. The van der Waals surface area contributed by atoms with Crippen molar-refractivity contribution in [3.05, 3.63) is 71.3 Å². The van der Waals surface area contributed by atoms with Crippen LogP contribution < -0.4 is 5.32 Å². The molecule has 6 nitrogen and oxygen atoms in total. The Balaban J connectivity index is 1.57. The van der Waals surface area contributed by atoms with Crippen LogP contribution in [0.2, 0.25) is 0 Å². The number of hydrogen-bond acceptors (Lipinski definition) is 4. The van der Waals surface area contributed by atoms with Gasteiger partial charge in [-0.2, -0.15) is 0 Å². The lowest BCUT2D eigenvalue weighted by Crippen LogP contribution is -2.48. The first kappa shape index (κ1) is 23.3. The monoisotopic (exact) mass is 425 g/mol. The van der Waals surface area contributed by atoms with Crippen molar-refractivity contribution in [2.24, 2.45) is 4.99 Å². The van der Waals surface area contributed by atoms with Gasteiger partial charge in [-0.1, -0.05) is 54.6 Å². The molecule has 3 atom stereocenters. The van der Waals surface area contributed by atoms with Crippen molar-refractivity contribution in [2.45, 2.75) is 39.1 Å². The zero-order valence-corrected chi connectivity index (χ0v) is 18.8. The van der Waals surface area contributed by atoms with Gasteiger partial charge in [-0.25, -0.2) is 0 Å². The van der Waals surface area contributed by atoms with Crippen LogP contribution in [0.3, 0.4) is 0 Å². The molecule has 0 saturated carbocycles. The Hall–Kier alpha value is -2.41. The number of nitrogens with zero attached hydrogens (tertiary/aromatic N) is 2. The Morgan fingerprint density at radius 3 is 2.71 bits per heavy atom. The van der Waals surface area contributed by atoms with Crippen molar-refractivity contribution in [1.29, 1.82) is 0 Å². The van der Waals surface area contributed by atoms with E-state index in [2.05, 4.69) is 47.3 Å². The Labute approximate surface area is 185 Å². The molecule has 3 rings (SSSR count). The lowest BCUT2D eigenvalue weighted by molar-refractivity contribution is -0.00916. The lowest BCUT2D eigenvalue weighted by Gasteiger charge is -2.36.